The molecule has 2 amide bonds. The van der Waals surface area contributed by atoms with Gasteiger partial charge in [-0.05, 0) is 48.4 Å². The smallest absolute Gasteiger partial charge is 0.253 e. The zero-order valence-electron chi connectivity index (χ0n) is 14.6. The second-order valence-electron chi connectivity index (χ2n) is 6.21. The Hall–Kier alpha value is -2.82. The van der Waals surface area contributed by atoms with Gasteiger partial charge in [-0.1, -0.05) is 12.1 Å². The molecule has 0 radical (unpaired) electrons. The first-order valence-electron chi connectivity index (χ1n) is 8.37. The molecule has 0 aliphatic carbocycles. The van der Waals surface area contributed by atoms with Crippen molar-refractivity contribution in [2.24, 2.45) is 0 Å². The van der Waals surface area contributed by atoms with Crippen LogP contribution in [0.2, 0.25) is 0 Å². The van der Waals surface area contributed by atoms with E-state index in [4.69, 9.17) is 4.74 Å². The van der Waals surface area contributed by atoms with Gasteiger partial charge in [-0.25, -0.2) is 0 Å². The molecule has 1 aliphatic rings. The molecule has 130 valence electrons. The highest BCUT2D eigenvalue weighted by molar-refractivity contribution is 5.97. The van der Waals surface area contributed by atoms with E-state index < -0.39 is 0 Å². The number of hydrogen-bond donors (Lipinski definition) is 0. The highest BCUT2D eigenvalue weighted by Gasteiger charge is 2.22. The van der Waals surface area contributed by atoms with Crippen LogP contribution >= 0.6 is 0 Å². The van der Waals surface area contributed by atoms with Crippen LogP contribution in [0.15, 0.2) is 48.5 Å². The zero-order valence-corrected chi connectivity index (χ0v) is 14.6. The van der Waals surface area contributed by atoms with Crippen LogP contribution in [-0.4, -0.2) is 37.4 Å². The van der Waals surface area contributed by atoms with Crippen molar-refractivity contribution in [2.75, 3.05) is 25.6 Å². The third kappa shape index (κ3) is 3.82. The lowest BCUT2D eigenvalue weighted by molar-refractivity contribution is -0.117. The summed E-state index contributed by atoms with van der Waals surface area (Å²) in [4.78, 5) is 27.9. The number of rotatable bonds is 5. The van der Waals surface area contributed by atoms with Crippen LogP contribution in [0.3, 0.4) is 0 Å². The van der Waals surface area contributed by atoms with E-state index in [1.165, 1.54) is 0 Å². The monoisotopic (exact) mass is 338 g/mol. The Kier molecular flexibility index (Phi) is 5.03. The summed E-state index contributed by atoms with van der Waals surface area (Å²) in [5.74, 6) is 0.870. The van der Waals surface area contributed by atoms with Gasteiger partial charge in [0, 0.05) is 37.8 Å². The molecule has 0 saturated carbocycles. The number of methoxy groups -OCH3 is 1. The molecule has 1 saturated heterocycles. The molecule has 0 atom stereocenters. The zero-order chi connectivity index (χ0) is 17.8. The Bertz CT molecular complexity index is 771. The van der Waals surface area contributed by atoms with Gasteiger partial charge in [0.15, 0.2) is 0 Å². The molecule has 0 N–H and O–H groups in total. The lowest BCUT2D eigenvalue weighted by Gasteiger charge is -2.19. The van der Waals surface area contributed by atoms with Gasteiger partial charge < -0.3 is 14.5 Å². The Labute approximate surface area is 147 Å². The largest absolute Gasteiger partial charge is 0.497 e. The van der Waals surface area contributed by atoms with E-state index in [9.17, 15) is 9.59 Å². The fourth-order valence-electron chi connectivity index (χ4n) is 3.04. The van der Waals surface area contributed by atoms with Crippen molar-refractivity contribution >= 4 is 17.5 Å². The average molecular weight is 338 g/mol. The first-order chi connectivity index (χ1) is 12.1. The molecule has 5 nitrogen and oxygen atoms in total. The molecular weight excluding hydrogens is 316 g/mol. The summed E-state index contributed by atoms with van der Waals surface area (Å²) in [7, 11) is 3.40. The van der Waals surface area contributed by atoms with Gasteiger partial charge in [-0.2, -0.15) is 0 Å². The summed E-state index contributed by atoms with van der Waals surface area (Å²) in [6.07, 6.45) is 1.49. The van der Waals surface area contributed by atoms with Crippen molar-refractivity contribution in [2.45, 2.75) is 19.4 Å². The third-order valence-corrected chi connectivity index (χ3v) is 4.40. The molecule has 1 fully saturated rings. The fourth-order valence-corrected chi connectivity index (χ4v) is 3.04. The van der Waals surface area contributed by atoms with Gasteiger partial charge in [0.05, 0.1) is 7.11 Å². The van der Waals surface area contributed by atoms with Gasteiger partial charge >= 0.3 is 0 Å². The van der Waals surface area contributed by atoms with Crippen molar-refractivity contribution in [3.8, 4) is 5.75 Å². The molecule has 0 unspecified atom stereocenters. The highest BCUT2D eigenvalue weighted by Crippen LogP contribution is 2.22. The molecule has 2 aromatic rings. The summed E-state index contributed by atoms with van der Waals surface area (Å²) in [6.45, 7) is 1.25. The molecule has 0 aromatic heterocycles. The summed E-state index contributed by atoms with van der Waals surface area (Å²) in [5, 5.41) is 0. The molecule has 25 heavy (non-hydrogen) atoms. The number of nitrogens with zero attached hydrogens (tertiary/aromatic N) is 2. The van der Waals surface area contributed by atoms with E-state index in [0.29, 0.717) is 18.5 Å². The van der Waals surface area contributed by atoms with Crippen molar-refractivity contribution in [3.63, 3.8) is 0 Å². The maximum atomic E-state index is 12.6. The van der Waals surface area contributed by atoms with Gasteiger partial charge in [0.2, 0.25) is 5.91 Å². The summed E-state index contributed by atoms with van der Waals surface area (Å²) in [5.41, 5.74) is 2.48. The van der Waals surface area contributed by atoms with E-state index in [2.05, 4.69) is 0 Å². The maximum Gasteiger partial charge on any atom is 0.253 e. The SMILES string of the molecule is COc1cccc(CN(C)C(=O)c2ccc(N3CCCC3=O)cc2)c1. The predicted molar refractivity (Wildman–Crippen MR) is 96.8 cm³/mol. The first-order valence-corrected chi connectivity index (χ1v) is 8.37. The van der Waals surface area contributed by atoms with E-state index in [0.717, 1.165) is 30.0 Å². The average Bonchev–Trinajstić information content (AvgIpc) is 3.07. The summed E-state index contributed by atoms with van der Waals surface area (Å²) >= 11 is 0. The van der Waals surface area contributed by atoms with Gasteiger partial charge in [0.1, 0.15) is 5.75 Å². The Morgan fingerprint density at radius 3 is 2.60 bits per heavy atom. The number of carbonyl (C=O) groups excluding carboxylic acids is 2. The Morgan fingerprint density at radius 1 is 1.20 bits per heavy atom. The Morgan fingerprint density at radius 2 is 1.96 bits per heavy atom. The molecule has 1 heterocycles. The van der Waals surface area contributed by atoms with E-state index in [1.807, 2.05) is 36.4 Å². The number of anilines is 1. The second kappa shape index (κ2) is 7.38. The molecule has 0 bridgehead atoms. The highest BCUT2D eigenvalue weighted by atomic mass is 16.5. The van der Waals surface area contributed by atoms with Crippen LogP contribution in [0.4, 0.5) is 5.69 Å². The molecular formula is C20H22N2O3. The summed E-state index contributed by atoms with van der Waals surface area (Å²) in [6, 6.07) is 14.9. The van der Waals surface area contributed by atoms with E-state index in [-0.39, 0.29) is 11.8 Å². The lowest BCUT2D eigenvalue weighted by atomic mass is 10.1. The molecule has 3 rings (SSSR count). The number of hydrogen-bond acceptors (Lipinski definition) is 3. The first kappa shape index (κ1) is 17.0. The van der Waals surface area contributed by atoms with Crippen LogP contribution in [0, 0.1) is 0 Å². The number of carbonyl (C=O) groups is 2. The molecule has 2 aromatic carbocycles. The van der Waals surface area contributed by atoms with Crippen molar-refractivity contribution in [1.82, 2.24) is 4.90 Å². The lowest BCUT2D eigenvalue weighted by Crippen LogP contribution is -2.26. The van der Waals surface area contributed by atoms with Gasteiger partial charge in [-0.3, -0.25) is 9.59 Å². The third-order valence-electron chi connectivity index (χ3n) is 4.40. The number of benzene rings is 2. The van der Waals surface area contributed by atoms with E-state index >= 15 is 0 Å². The minimum Gasteiger partial charge on any atom is -0.497 e. The minimum atomic E-state index is -0.0536. The van der Waals surface area contributed by atoms with E-state index in [1.54, 1.807) is 36.1 Å². The second-order valence-corrected chi connectivity index (χ2v) is 6.21. The van der Waals surface area contributed by atoms with Gasteiger partial charge in [0.25, 0.3) is 5.91 Å². The molecule has 5 heteroatoms. The van der Waals surface area contributed by atoms with Gasteiger partial charge in [-0.15, -0.1) is 0 Å². The standard InChI is InChI=1S/C20H22N2O3/c1-21(14-15-5-3-6-18(13-15)25-2)20(24)16-8-10-17(11-9-16)22-12-4-7-19(22)23/h3,5-6,8-11,13H,4,7,12,14H2,1-2H3. The number of amides is 2. The minimum absolute atomic E-state index is 0.0536. The number of ether oxygens (including phenoxy) is 1. The van der Waals surface area contributed by atoms with Crippen LogP contribution in [-0.2, 0) is 11.3 Å². The Balaban J connectivity index is 1.68. The van der Waals surface area contributed by atoms with Crippen LogP contribution < -0.4 is 9.64 Å². The quantitative estimate of drug-likeness (QED) is 0.842. The maximum absolute atomic E-state index is 12.6. The topological polar surface area (TPSA) is 49.9 Å². The fraction of sp³-hybridized carbons (Fsp3) is 0.300. The summed E-state index contributed by atoms with van der Waals surface area (Å²) < 4.78 is 5.22. The van der Waals surface area contributed by atoms with Crippen LogP contribution in [0.5, 0.6) is 5.75 Å². The molecule has 0 spiro atoms. The normalized spacial score (nSPS) is 13.8. The van der Waals surface area contributed by atoms with Crippen molar-refractivity contribution in [1.29, 1.82) is 0 Å². The van der Waals surface area contributed by atoms with Crippen molar-refractivity contribution in [3.05, 3.63) is 59.7 Å². The predicted octanol–water partition coefficient (Wildman–Crippen LogP) is 3.09. The van der Waals surface area contributed by atoms with Crippen molar-refractivity contribution < 1.29 is 14.3 Å². The van der Waals surface area contributed by atoms with Crippen LogP contribution in [0.25, 0.3) is 0 Å². The van der Waals surface area contributed by atoms with Crippen LogP contribution in [0.1, 0.15) is 28.8 Å². The molecule has 1 aliphatic heterocycles.